The zero-order valence-electron chi connectivity index (χ0n) is 9.34. The topological polar surface area (TPSA) is 16.1 Å². The number of rotatable bonds is 4. The summed E-state index contributed by atoms with van der Waals surface area (Å²) in [5, 5.41) is 4.90. The van der Waals surface area contributed by atoms with Gasteiger partial charge in [-0.15, -0.1) is 0 Å². The van der Waals surface area contributed by atoms with Gasteiger partial charge in [0.15, 0.2) is 0 Å². The lowest BCUT2D eigenvalue weighted by molar-refractivity contribution is 0.795. The van der Waals surface area contributed by atoms with Crippen molar-refractivity contribution in [1.29, 1.82) is 0 Å². The number of pyridine rings is 1. The van der Waals surface area contributed by atoms with Crippen molar-refractivity contribution < 1.29 is 0 Å². The monoisotopic (exact) mass is 264 g/mol. The van der Waals surface area contributed by atoms with Crippen LogP contribution in [0.1, 0.15) is 18.4 Å². The Morgan fingerprint density at radius 3 is 2.94 bits per heavy atom. The van der Waals surface area contributed by atoms with Crippen LogP contribution in [0.3, 0.4) is 0 Å². The van der Waals surface area contributed by atoms with Crippen molar-refractivity contribution in [2.75, 3.05) is 4.90 Å². The van der Waals surface area contributed by atoms with Crippen LogP contribution in [0.2, 0.25) is 5.15 Å². The number of hydrogen-bond acceptors (Lipinski definition) is 3. The fourth-order valence-electron chi connectivity index (χ4n) is 1.97. The molecule has 88 valence electrons. The van der Waals surface area contributed by atoms with Crippen LogP contribution >= 0.6 is 22.9 Å². The molecule has 0 aromatic carbocycles. The summed E-state index contributed by atoms with van der Waals surface area (Å²) in [6.07, 6.45) is 4.34. The normalized spacial score (nSPS) is 14.9. The van der Waals surface area contributed by atoms with Crippen molar-refractivity contribution >= 4 is 28.6 Å². The Hall–Kier alpha value is -1.06. The van der Waals surface area contributed by atoms with E-state index < -0.39 is 0 Å². The third-order valence-electron chi connectivity index (χ3n) is 2.96. The summed E-state index contributed by atoms with van der Waals surface area (Å²) in [4.78, 5) is 6.47. The Bertz CT molecular complexity index is 494. The fourth-order valence-corrected chi connectivity index (χ4v) is 2.80. The first kappa shape index (κ1) is 11.1. The summed E-state index contributed by atoms with van der Waals surface area (Å²) in [5.41, 5.74) is 2.55. The highest BCUT2D eigenvalue weighted by molar-refractivity contribution is 7.07. The molecule has 0 N–H and O–H groups in total. The van der Waals surface area contributed by atoms with Gasteiger partial charge in [-0.1, -0.05) is 11.6 Å². The average molecular weight is 265 g/mol. The Morgan fingerprint density at radius 2 is 2.29 bits per heavy atom. The molecule has 2 aromatic rings. The van der Waals surface area contributed by atoms with Crippen LogP contribution < -0.4 is 4.90 Å². The molecule has 0 amide bonds. The largest absolute Gasteiger partial charge is 0.364 e. The van der Waals surface area contributed by atoms with E-state index in [0.29, 0.717) is 11.2 Å². The van der Waals surface area contributed by atoms with E-state index in [1.807, 2.05) is 12.1 Å². The second-order valence-corrected chi connectivity index (χ2v) is 5.49. The molecule has 1 aliphatic carbocycles. The van der Waals surface area contributed by atoms with Crippen molar-refractivity contribution in [1.82, 2.24) is 4.98 Å². The third kappa shape index (κ3) is 2.61. The predicted octanol–water partition coefficient (Wildman–Crippen LogP) is 3.97. The molecular formula is C13H13ClN2S. The van der Waals surface area contributed by atoms with E-state index in [-0.39, 0.29) is 0 Å². The van der Waals surface area contributed by atoms with Crippen molar-refractivity contribution in [3.05, 3.63) is 45.9 Å². The molecule has 1 aliphatic rings. The molecule has 0 aliphatic heterocycles. The lowest BCUT2D eigenvalue weighted by atomic mass is 10.2. The number of hydrogen-bond donors (Lipinski definition) is 0. The molecule has 0 atom stereocenters. The number of aromatic nitrogens is 1. The van der Waals surface area contributed by atoms with E-state index >= 15 is 0 Å². The number of thiophene rings is 1. The lowest BCUT2D eigenvalue weighted by Gasteiger charge is -2.24. The smallest absolute Gasteiger partial charge is 0.131 e. The molecule has 0 radical (unpaired) electrons. The Labute approximate surface area is 110 Å². The van der Waals surface area contributed by atoms with E-state index in [1.165, 1.54) is 24.1 Å². The fraction of sp³-hybridized carbons (Fsp3) is 0.308. The van der Waals surface area contributed by atoms with Gasteiger partial charge in [-0.2, -0.15) is 11.3 Å². The highest BCUT2D eigenvalue weighted by Gasteiger charge is 2.29. The molecule has 0 spiro atoms. The summed E-state index contributed by atoms with van der Waals surface area (Å²) in [6.45, 7) is 0.967. The number of anilines is 1. The SMILES string of the molecule is Clc1cc(N(Cc2ccsc2)C2CC2)ccn1. The first-order valence-electron chi connectivity index (χ1n) is 5.72. The van der Waals surface area contributed by atoms with Gasteiger partial charge < -0.3 is 4.90 Å². The Morgan fingerprint density at radius 1 is 1.41 bits per heavy atom. The molecule has 0 bridgehead atoms. The van der Waals surface area contributed by atoms with Crippen LogP contribution in [0.25, 0.3) is 0 Å². The standard InChI is InChI=1S/C13H13ClN2S/c14-13-7-12(3-5-15-13)16(11-1-2-11)8-10-4-6-17-9-10/h3-7,9,11H,1-2,8H2. The third-order valence-corrected chi connectivity index (χ3v) is 3.90. The summed E-state index contributed by atoms with van der Waals surface area (Å²) in [6, 6.07) is 6.85. The molecule has 2 heterocycles. The maximum Gasteiger partial charge on any atom is 0.131 e. The van der Waals surface area contributed by atoms with E-state index in [9.17, 15) is 0 Å². The van der Waals surface area contributed by atoms with E-state index in [1.54, 1.807) is 17.5 Å². The van der Waals surface area contributed by atoms with E-state index in [2.05, 4.69) is 26.7 Å². The quantitative estimate of drug-likeness (QED) is 0.777. The van der Waals surface area contributed by atoms with Crippen LogP contribution in [-0.4, -0.2) is 11.0 Å². The minimum atomic E-state index is 0.568. The van der Waals surface area contributed by atoms with Crippen molar-refractivity contribution in [3.63, 3.8) is 0 Å². The molecule has 3 rings (SSSR count). The van der Waals surface area contributed by atoms with Crippen LogP contribution in [0, 0.1) is 0 Å². The van der Waals surface area contributed by atoms with Crippen LogP contribution in [-0.2, 0) is 6.54 Å². The Kier molecular flexibility index (Phi) is 3.04. The van der Waals surface area contributed by atoms with Gasteiger partial charge in [-0.3, -0.25) is 0 Å². The molecule has 1 fully saturated rings. The predicted molar refractivity (Wildman–Crippen MR) is 72.8 cm³/mol. The maximum absolute atomic E-state index is 5.96. The van der Waals surface area contributed by atoms with Crippen molar-refractivity contribution in [2.45, 2.75) is 25.4 Å². The summed E-state index contributed by atoms with van der Waals surface area (Å²) in [5.74, 6) is 0. The molecule has 0 unspecified atom stereocenters. The first-order chi connectivity index (χ1) is 8.33. The molecule has 2 aromatic heterocycles. The van der Waals surface area contributed by atoms with Crippen LogP contribution in [0.4, 0.5) is 5.69 Å². The van der Waals surface area contributed by atoms with Crippen molar-refractivity contribution in [2.24, 2.45) is 0 Å². The Balaban J connectivity index is 1.85. The van der Waals surface area contributed by atoms with Gasteiger partial charge in [0.05, 0.1) is 0 Å². The van der Waals surface area contributed by atoms with Gasteiger partial charge in [0, 0.05) is 24.5 Å². The van der Waals surface area contributed by atoms with E-state index in [0.717, 1.165) is 6.54 Å². The highest BCUT2D eigenvalue weighted by Crippen LogP contribution is 2.33. The summed E-state index contributed by atoms with van der Waals surface area (Å²) in [7, 11) is 0. The van der Waals surface area contributed by atoms with Gasteiger partial charge in [-0.05, 0) is 47.4 Å². The van der Waals surface area contributed by atoms with Gasteiger partial charge >= 0.3 is 0 Å². The average Bonchev–Trinajstić information content (AvgIpc) is 3.03. The lowest BCUT2D eigenvalue weighted by Crippen LogP contribution is -2.24. The second-order valence-electron chi connectivity index (χ2n) is 4.33. The van der Waals surface area contributed by atoms with Crippen molar-refractivity contribution in [3.8, 4) is 0 Å². The highest BCUT2D eigenvalue weighted by atomic mass is 35.5. The summed E-state index contributed by atoms with van der Waals surface area (Å²) >= 11 is 7.71. The van der Waals surface area contributed by atoms with Gasteiger partial charge in [0.2, 0.25) is 0 Å². The van der Waals surface area contributed by atoms with E-state index in [4.69, 9.17) is 11.6 Å². The van der Waals surface area contributed by atoms with Crippen LogP contribution in [0.15, 0.2) is 35.2 Å². The molecule has 17 heavy (non-hydrogen) atoms. The van der Waals surface area contributed by atoms with Crippen LogP contribution in [0.5, 0.6) is 0 Å². The number of nitrogens with zero attached hydrogens (tertiary/aromatic N) is 2. The minimum Gasteiger partial charge on any atom is -0.364 e. The molecular weight excluding hydrogens is 252 g/mol. The maximum atomic E-state index is 5.96. The molecule has 1 saturated carbocycles. The van der Waals surface area contributed by atoms with Gasteiger partial charge in [0.25, 0.3) is 0 Å². The number of halogens is 1. The first-order valence-corrected chi connectivity index (χ1v) is 7.04. The van der Waals surface area contributed by atoms with Gasteiger partial charge in [0.1, 0.15) is 5.15 Å². The molecule has 0 saturated heterocycles. The van der Waals surface area contributed by atoms with Gasteiger partial charge in [-0.25, -0.2) is 4.98 Å². The zero-order valence-corrected chi connectivity index (χ0v) is 10.9. The summed E-state index contributed by atoms with van der Waals surface area (Å²) < 4.78 is 0. The second kappa shape index (κ2) is 4.67. The molecule has 4 heteroatoms. The minimum absolute atomic E-state index is 0.568. The molecule has 2 nitrogen and oxygen atoms in total. The zero-order chi connectivity index (χ0) is 11.7.